The quantitative estimate of drug-likeness (QED) is 0.768. The number of pyridine rings is 1. The zero-order valence-corrected chi connectivity index (χ0v) is 11.0. The van der Waals surface area contributed by atoms with E-state index >= 15 is 0 Å². The van der Waals surface area contributed by atoms with Gasteiger partial charge in [-0.05, 0) is 36.4 Å². The van der Waals surface area contributed by atoms with Crippen LogP contribution in [0.2, 0.25) is 0 Å². The Hall–Kier alpha value is -2.13. The fourth-order valence-corrected chi connectivity index (χ4v) is 1.80. The van der Waals surface area contributed by atoms with E-state index in [1.54, 1.807) is 6.08 Å². The molecule has 0 spiro atoms. The maximum Gasteiger partial charge on any atom is 0.119 e. The van der Waals surface area contributed by atoms with Gasteiger partial charge in [-0.15, -0.1) is 0 Å². The molecule has 0 amide bonds. The summed E-state index contributed by atoms with van der Waals surface area (Å²) in [5.41, 5.74) is 2.58. The number of hydrogen-bond acceptors (Lipinski definition) is 2. The Morgan fingerprint density at radius 1 is 1.00 bits per heavy atom. The van der Waals surface area contributed by atoms with Crippen molar-refractivity contribution in [1.29, 1.82) is 0 Å². The summed E-state index contributed by atoms with van der Waals surface area (Å²) in [6, 6.07) is 12.3. The van der Waals surface area contributed by atoms with Crippen LogP contribution in [0.1, 0.15) is 11.1 Å². The van der Waals surface area contributed by atoms with Crippen LogP contribution in [0.25, 0.3) is 0 Å². The Labute approximate surface area is 114 Å². The van der Waals surface area contributed by atoms with E-state index in [1.807, 2.05) is 36.7 Å². The largest absolute Gasteiger partial charge is 0.490 e. The van der Waals surface area contributed by atoms with Gasteiger partial charge in [-0.25, -0.2) is 0 Å². The lowest BCUT2D eigenvalue weighted by atomic mass is 10.2. The summed E-state index contributed by atoms with van der Waals surface area (Å²) in [7, 11) is 0. The lowest BCUT2D eigenvalue weighted by Crippen LogP contribution is -2.80. The fourth-order valence-electron chi connectivity index (χ4n) is 1.80. The number of nitrogens with zero attached hydrogens (tertiary/aromatic N) is 1. The zero-order valence-electron chi connectivity index (χ0n) is 11.0. The Kier molecular flexibility index (Phi) is 5.14. The molecule has 0 atom stereocenters. The second-order valence-corrected chi connectivity index (χ2v) is 4.30. The molecule has 98 valence electrons. The van der Waals surface area contributed by atoms with Gasteiger partial charge in [-0.1, -0.05) is 12.7 Å². The van der Waals surface area contributed by atoms with Gasteiger partial charge in [0.2, 0.25) is 0 Å². The molecule has 2 N–H and O–H groups in total. The van der Waals surface area contributed by atoms with E-state index in [0.717, 1.165) is 18.8 Å². The predicted molar refractivity (Wildman–Crippen MR) is 75.7 cm³/mol. The van der Waals surface area contributed by atoms with E-state index in [2.05, 4.69) is 29.0 Å². The molecule has 3 nitrogen and oxygen atoms in total. The minimum Gasteiger partial charge on any atom is -0.490 e. The Morgan fingerprint density at radius 3 is 2.26 bits per heavy atom. The summed E-state index contributed by atoms with van der Waals surface area (Å²) in [5, 5.41) is 2.27. The molecule has 2 rings (SSSR count). The minimum absolute atomic E-state index is 0.549. The molecule has 0 unspecified atom stereocenters. The van der Waals surface area contributed by atoms with E-state index in [9.17, 15) is 0 Å². The van der Waals surface area contributed by atoms with Crippen LogP contribution in [-0.2, 0) is 13.1 Å². The van der Waals surface area contributed by atoms with Crippen LogP contribution in [-0.4, -0.2) is 11.6 Å². The van der Waals surface area contributed by atoms with Crippen LogP contribution < -0.4 is 10.1 Å². The van der Waals surface area contributed by atoms with Crippen molar-refractivity contribution in [3.05, 3.63) is 72.6 Å². The lowest BCUT2D eigenvalue weighted by Gasteiger charge is -2.05. The lowest BCUT2D eigenvalue weighted by molar-refractivity contribution is -0.686. The van der Waals surface area contributed by atoms with Gasteiger partial charge in [-0.3, -0.25) is 4.98 Å². The van der Waals surface area contributed by atoms with Crippen LogP contribution >= 0.6 is 0 Å². The molecule has 0 radical (unpaired) electrons. The number of nitrogens with two attached hydrogens (primary N) is 1. The second kappa shape index (κ2) is 7.34. The van der Waals surface area contributed by atoms with Crippen molar-refractivity contribution in [1.82, 2.24) is 4.98 Å². The minimum atomic E-state index is 0.549. The summed E-state index contributed by atoms with van der Waals surface area (Å²) in [6.45, 7) is 6.11. The normalized spacial score (nSPS) is 10.1. The highest BCUT2D eigenvalue weighted by atomic mass is 16.5. The number of aromatic nitrogens is 1. The third kappa shape index (κ3) is 4.56. The SMILES string of the molecule is C=CCOc1ccc(C[NH2+]Cc2ccncc2)cc1. The van der Waals surface area contributed by atoms with E-state index in [1.165, 1.54) is 11.1 Å². The first-order valence-electron chi connectivity index (χ1n) is 6.41. The fraction of sp³-hybridized carbons (Fsp3) is 0.188. The van der Waals surface area contributed by atoms with Crippen LogP contribution in [0.5, 0.6) is 5.75 Å². The van der Waals surface area contributed by atoms with Crippen LogP contribution in [0.15, 0.2) is 61.4 Å². The molecule has 0 saturated heterocycles. The molecule has 2 aromatic rings. The predicted octanol–water partition coefficient (Wildman–Crippen LogP) is 1.91. The maximum atomic E-state index is 5.45. The molecule has 0 bridgehead atoms. The maximum absolute atomic E-state index is 5.45. The standard InChI is InChI=1S/C16H18N2O/c1-2-11-19-16-5-3-14(4-6-16)12-18-13-15-7-9-17-10-8-15/h2-10,18H,1,11-13H2/p+1. The second-order valence-electron chi connectivity index (χ2n) is 4.30. The molecule has 19 heavy (non-hydrogen) atoms. The smallest absolute Gasteiger partial charge is 0.119 e. The van der Waals surface area contributed by atoms with Crippen molar-refractivity contribution in [2.45, 2.75) is 13.1 Å². The van der Waals surface area contributed by atoms with Crippen molar-refractivity contribution in [2.75, 3.05) is 6.61 Å². The van der Waals surface area contributed by atoms with Crippen LogP contribution in [0, 0.1) is 0 Å². The molecule has 0 aliphatic heterocycles. The van der Waals surface area contributed by atoms with Crippen molar-refractivity contribution in [3.8, 4) is 5.75 Å². The average molecular weight is 255 g/mol. The number of hydrogen-bond donors (Lipinski definition) is 1. The van der Waals surface area contributed by atoms with Gasteiger partial charge in [0.25, 0.3) is 0 Å². The van der Waals surface area contributed by atoms with Gasteiger partial charge < -0.3 is 10.1 Å². The molecule has 0 saturated carbocycles. The first-order chi connectivity index (χ1) is 9.38. The van der Waals surface area contributed by atoms with Gasteiger partial charge in [0.1, 0.15) is 25.4 Å². The zero-order chi connectivity index (χ0) is 13.3. The van der Waals surface area contributed by atoms with Crippen molar-refractivity contribution < 1.29 is 10.1 Å². The average Bonchev–Trinajstić information content (AvgIpc) is 2.47. The molecule has 0 fully saturated rings. The summed E-state index contributed by atoms with van der Waals surface area (Å²) in [6.07, 6.45) is 5.40. The number of rotatable bonds is 7. The van der Waals surface area contributed by atoms with Crippen molar-refractivity contribution >= 4 is 0 Å². The summed E-state index contributed by atoms with van der Waals surface area (Å²) >= 11 is 0. The van der Waals surface area contributed by atoms with Gasteiger partial charge >= 0.3 is 0 Å². The molecule has 1 aromatic heterocycles. The number of benzene rings is 1. The van der Waals surface area contributed by atoms with E-state index in [-0.39, 0.29) is 0 Å². The first kappa shape index (κ1) is 13.3. The van der Waals surface area contributed by atoms with Crippen LogP contribution in [0.3, 0.4) is 0 Å². The highest BCUT2D eigenvalue weighted by Gasteiger charge is 1.98. The highest BCUT2D eigenvalue weighted by Crippen LogP contribution is 2.11. The van der Waals surface area contributed by atoms with Gasteiger partial charge in [0.15, 0.2) is 0 Å². The van der Waals surface area contributed by atoms with E-state index < -0.39 is 0 Å². The molecule has 3 heteroatoms. The van der Waals surface area contributed by atoms with Crippen molar-refractivity contribution in [3.63, 3.8) is 0 Å². The molecule has 1 aromatic carbocycles. The molecule has 0 aliphatic carbocycles. The third-order valence-corrected chi connectivity index (χ3v) is 2.80. The number of ether oxygens (including phenoxy) is 1. The Balaban J connectivity index is 1.78. The summed E-state index contributed by atoms with van der Waals surface area (Å²) in [4.78, 5) is 4.01. The number of quaternary nitrogens is 1. The van der Waals surface area contributed by atoms with E-state index in [4.69, 9.17) is 4.74 Å². The van der Waals surface area contributed by atoms with Crippen molar-refractivity contribution in [2.24, 2.45) is 0 Å². The molecular formula is C16H19N2O+. The molecular weight excluding hydrogens is 236 g/mol. The Morgan fingerprint density at radius 2 is 1.63 bits per heavy atom. The molecule has 1 heterocycles. The topological polar surface area (TPSA) is 38.7 Å². The Bertz CT molecular complexity index is 494. The van der Waals surface area contributed by atoms with Crippen LogP contribution in [0.4, 0.5) is 0 Å². The monoisotopic (exact) mass is 255 g/mol. The summed E-state index contributed by atoms with van der Waals surface area (Å²) < 4.78 is 5.45. The summed E-state index contributed by atoms with van der Waals surface area (Å²) in [5.74, 6) is 0.887. The van der Waals surface area contributed by atoms with Gasteiger partial charge in [0, 0.05) is 23.5 Å². The third-order valence-electron chi connectivity index (χ3n) is 2.80. The first-order valence-corrected chi connectivity index (χ1v) is 6.41. The van der Waals surface area contributed by atoms with Gasteiger partial charge in [0.05, 0.1) is 0 Å². The van der Waals surface area contributed by atoms with E-state index in [0.29, 0.717) is 6.61 Å². The van der Waals surface area contributed by atoms with Gasteiger partial charge in [-0.2, -0.15) is 0 Å². The highest BCUT2D eigenvalue weighted by molar-refractivity contribution is 5.26. The molecule has 0 aliphatic rings.